The summed E-state index contributed by atoms with van der Waals surface area (Å²) in [5.41, 5.74) is 0.464. The van der Waals surface area contributed by atoms with Gasteiger partial charge in [-0.1, -0.05) is 11.3 Å². The first kappa shape index (κ1) is 13.6. The molecule has 7 heteroatoms. The number of nitrogens with zero attached hydrogens (tertiary/aromatic N) is 1. The number of esters is 1. The fourth-order valence-corrected chi connectivity index (χ4v) is 2.04. The lowest BCUT2D eigenvalue weighted by Crippen LogP contribution is -2.06. The predicted octanol–water partition coefficient (Wildman–Crippen LogP) is 2.03. The van der Waals surface area contributed by atoms with Crippen molar-refractivity contribution >= 4 is 22.3 Å². The summed E-state index contributed by atoms with van der Waals surface area (Å²) < 4.78 is 4.72. The van der Waals surface area contributed by atoms with E-state index >= 15 is 0 Å². The first-order chi connectivity index (χ1) is 8.04. The lowest BCUT2D eigenvalue weighted by molar-refractivity contribution is -0.380. The van der Waals surface area contributed by atoms with E-state index in [1.165, 1.54) is 11.4 Å². The average molecular weight is 259 g/mol. The van der Waals surface area contributed by atoms with Crippen molar-refractivity contribution in [1.29, 1.82) is 0 Å². The van der Waals surface area contributed by atoms with Crippen molar-refractivity contribution in [3.63, 3.8) is 0 Å². The molecule has 0 aliphatic rings. The molecule has 0 saturated carbocycles. The molecule has 0 saturated heterocycles. The van der Waals surface area contributed by atoms with Crippen molar-refractivity contribution in [2.24, 2.45) is 0 Å². The fourth-order valence-electron chi connectivity index (χ4n) is 1.26. The van der Waals surface area contributed by atoms with Crippen LogP contribution < -0.4 is 0 Å². The van der Waals surface area contributed by atoms with E-state index in [9.17, 15) is 20.0 Å². The van der Waals surface area contributed by atoms with Crippen molar-refractivity contribution in [2.75, 3.05) is 6.61 Å². The van der Waals surface area contributed by atoms with Crippen LogP contribution >= 0.6 is 11.3 Å². The van der Waals surface area contributed by atoms with Gasteiger partial charge in [-0.2, -0.15) is 0 Å². The van der Waals surface area contributed by atoms with E-state index in [1.54, 1.807) is 6.92 Å². The van der Waals surface area contributed by atoms with Crippen LogP contribution in [0.3, 0.4) is 0 Å². The zero-order chi connectivity index (χ0) is 12.8. The van der Waals surface area contributed by atoms with Gasteiger partial charge in [0.1, 0.15) is 0 Å². The van der Waals surface area contributed by atoms with Crippen LogP contribution in [0.4, 0.5) is 5.00 Å². The van der Waals surface area contributed by atoms with E-state index in [1.807, 2.05) is 0 Å². The maximum atomic E-state index is 11.1. The van der Waals surface area contributed by atoms with E-state index in [4.69, 9.17) is 4.74 Å². The summed E-state index contributed by atoms with van der Waals surface area (Å²) in [7, 11) is 0. The normalized spacial score (nSPS) is 12.1. The molecule has 1 atom stereocenters. The van der Waals surface area contributed by atoms with Crippen LogP contribution in [0, 0.1) is 10.1 Å². The molecule has 17 heavy (non-hydrogen) atoms. The molecule has 1 rings (SSSR count). The van der Waals surface area contributed by atoms with Crippen molar-refractivity contribution in [1.82, 2.24) is 0 Å². The number of rotatable bonds is 6. The van der Waals surface area contributed by atoms with E-state index < -0.39 is 11.0 Å². The molecule has 1 aromatic heterocycles. The second-order valence-electron chi connectivity index (χ2n) is 3.33. The Morgan fingerprint density at radius 2 is 2.41 bits per heavy atom. The van der Waals surface area contributed by atoms with Crippen molar-refractivity contribution in [2.45, 2.75) is 25.9 Å². The Bertz CT molecular complexity index is 403. The molecule has 1 unspecified atom stereocenters. The predicted molar refractivity (Wildman–Crippen MR) is 61.8 cm³/mol. The smallest absolute Gasteiger partial charge is 0.324 e. The molecule has 1 aromatic rings. The Labute approximate surface area is 102 Å². The summed E-state index contributed by atoms with van der Waals surface area (Å²) in [5, 5.41) is 21.7. The van der Waals surface area contributed by atoms with Crippen LogP contribution in [-0.2, 0) is 9.53 Å². The highest BCUT2D eigenvalue weighted by molar-refractivity contribution is 7.13. The van der Waals surface area contributed by atoms with Crippen LogP contribution in [0.5, 0.6) is 0 Å². The second-order valence-corrected chi connectivity index (χ2v) is 4.22. The third-order valence-electron chi connectivity index (χ3n) is 2.10. The van der Waals surface area contributed by atoms with Crippen molar-refractivity contribution < 1.29 is 19.6 Å². The van der Waals surface area contributed by atoms with Crippen LogP contribution in [0.2, 0.25) is 0 Å². The number of carbonyl (C=O) groups is 1. The Hall–Kier alpha value is -1.47. The summed E-state index contributed by atoms with van der Waals surface area (Å²) in [6, 6.07) is 1.32. The van der Waals surface area contributed by atoms with Gasteiger partial charge in [0.05, 0.1) is 17.6 Å². The van der Waals surface area contributed by atoms with Gasteiger partial charge in [0.25, 0.3) is 0 Å². The summed E-state index contributed by atoms with van der Waals surface area (Å²) in [5.74, 6) is -0.378. The molecular weight excluding hydrogens is 246 g/mol. The third-order valence-corrected chi connectivity index (χ3v) is 3.00. The molecule has 0 fully saturated rings. The lowest BCUT2D eigenvalue weighted by Gasteiger charge is -2.07. The monoisotopic (exact) mass is 259 g/mol. The van der Waals surface area contributed by atoms with E-state index in [0.29, 0.717) is 12.2 Å². The minimum atomic E-state index is -0.871. The zero-order valence-corrected chi connectivity index (χ0v) is 10.1. The van der Waals surface area contributed by atoms with Gasteiger partial charge in [-0.25, -0.2) is 0 Å². The van der Waals surface area contributed by atoms with E-state index in [2.05, 4.69) is 0 Å². The highest BCUT2D eigenvalue weighted by atomic mass is 32.1. The second kappa shape index (κ2) is 6.31. The Balaban J connectivity index is 2.49. The highest BCUT2D eigenvalue weighted by Gasteiger charge is 2.16. The molecular formula is C10H13NO5S. The number of ether oxygens (including phenoxy) is 1. The Morgan fingerprint density at radius 3 is 2.94 bits per heavy atom. The SMILES string of the molecule is CCOC(=O)CCC(O)c1csc([N+](=O)[O-])c1. The first-order valence-electron chi connectivity index (χ1n) is 5.11. The standard InChI is InChI=1S/C10H13NO5S/c1-2-16-10(13)4-3-8(12)7-5-9(11(14)15)17-6-7/h5-6,8,12H,2-4H2,1H3. The minimum Gasteiger partial charge on any atom is -0.466 e. The number of hydrogen-bond donors (Lipinski definition) is 1. The average Bonchev–Trinajstić information content (AvgIpc) is 2.75. The van der Waals surface area contributed by atoms with E-state index in [-0.39, 0.29) is 23.8 Å². The molecule has 0 aliphatic heterocycles. The molecule has 0 spiro atoms. The zero-order valence-electron chi connectivity index (χ0n) is 9.29. The fraction of sp³-hybridized carbons (Fsp3) is 0.500. The van der Waals surface area contributed by atoms with E-state index in [0.717, 1.165) is 11.3 Å². The van der Waals surface area contributed by atoms with Crippen molar-refractivity contribution in [3.05, 3.63) is 27.1 Å². The number of carbonyl (C=O) groups excluding carboxylic acids is 1. The van der Waals surface area contributed by atoms with Crippen LogP contribution in [-0.4, -0.2) is 22.6 Å². The molecule has 0 aliphatic carbocycles. The number of aliphatic hydroxyl groups excluding tert-OH is 1. The number of hydrogen-bond acceptors (Lipinski definition) is 6. The lowest BCUT2D eigenvalue weighted by atomic mass is 10.1. The van der Waals surface area contributed by atoms with Gasteiger partial charge in [-0.15, -0.1) is 0 Å². The molecule has 0 amide bonds. The molecule has 0 bridgehead atoms. The third kappa shape index (κ3) is 4.12. The number of thiophene rings is 1. The molecule has 6 nitrogen and oxygen atoms in total. The number of nitro groups is 1. The van der Waals surface area contributed by atoms with Crippen molar-refractivity contribution in [3.8, 4) is 0 Å². The Morgan fingerprint density at radius 1 is 1.71 bits per heavy atom. The molecule has 94 valence electrons. The molecule has 1 heterocycles. The van der Waals surface area contributed by atoms with Gasteiger partial charge >= 0.3 is 11.0 Å². The van der Waals surface area contributed by atoms with Crippen LogP contribution in [0.1, 0.15) is 31.4 Å². The van der Waals surface area contributed by atoms with Gasteiger partial charge in [0.15, 0.2) is 0 Å². The van der Waals surface area contributed by atoms with Crippen LogP contribution in [0.25, 0.3) is 0 Å². The summed E-state index contributed by atoms with van der Waals surface area (Å²) in [6.07, 6.45) is -0.574. The van der Waals surface area contributed by atoms with Gasteiger partial charge < -0.3 is 9.84 Å². The van der Waals surface area contributed by atoms with Gasteiger partial charge in [0, 0.05) is 17.9 Å². The maximum absolute atomic E-state index is 11.1. The quantitative estimate of drug-likeness (QED) is 0.479. The molecule has 1 N–H and O–H groups in total. The first-order valence-corrected chi connectivity index (χ1v) is 5.99. The molecule has 0 aromatic carbocycles. The topological polar surface area (TPSA) is 89.7 Å². The minimum absolute atomic E-state index is 0.0183. The summed E-state index contributed by atoms with van der Waals surface area (Å²) in [6.45, 7) is 2.01. The van der Waals surface area contributed by atoms with Gasteiger partial charge in [-0.05, 0) is 18.9 Å². The largest absolute Gasteiger partial charge is 0.466 e. The van der Waals surface area contributed by atoms with Crippen LogP contribution in [0.15, 0.2) is 11.4 Å². The summed E-state index contributed by atoms with van der Waals surface area (Å²) in [4.78, 5) is 21.0. The van der Waals surface area contributed by atoms with Gasteiger partial charge in [0.2, 0.25) is 0 Å². The summed E-state index contributed by atoms with van der Waals surface area (Å²) >= 11 is 0.955. The molecule has 0 radical (unpaired) electrons. The Kier molecular flexibility index (Phi) is 5.05. The highest BCUT2D eigenvalue weighted by Crippen LogP contribution is 2.28. The maximum Gasteiger partial charge on any atom is 0.324 e. The number of aliphatic hydroxyl groups is 1. The van der Waals surface area contributed by atoms with Gasteiger partial charge in [-0.3, -0.25) is 14.9 Å².